The first-order valence-electron chi connectivity index (χ1n) is 9.84. The number of benzene rings is 1. The fourth-order valence-electron chi connectivity index (χ4n) is 3.51. The molecule has 1 unspecified atom stereocenters. The lowest BCUT2D eigenvalue weighted by Crippen LogP contribution is -2.38. The molecular weight excluding hydrogens is 418 g/mol. The molecule has 2 aliphatic heterocycles. The van der Waals surface area contributed by atoms with E-state index >= 15 is 0 Å². The molecule has 0 saturated carbocycles. The number of rotatable bonds is 7. The summed E-state index contributed by atoms with van der Waals surface area (Å²) in [6.45, 7) is 4.33. The van der Waals surface area contributed by atoms with Crippen molar-refractivity contribution in [3.63, 3.8) is 0 Å². The molecule has 2 aliphatic rings. The van der Waals surface area contributed by atoms with Gasteiger partial charge in [0.1, 0.15) is 11.5 Å². The van der Waals surface area contributed by atoms with E-state index in [1.807, 2.05) is 29.4 Å². The van der Waals surface area contributed by atoms with Crippen LogP contribution in [-0.4, -0.2) is 61.8 Å². The number of methoxy groups -OCH3 is 3. The number of hydrogen-bond acceptors (Lipinski definition) is 8. The standard InChI is InChI=1S/C22H27N3O5S/c1-7-24(3)18(26)10-15-12-31-22-23-13(2)19(21(27)30-6)20(25(15)22)14-8-16(28-4)11-17(9-14)29-5/h8-9,11-12,20H,7,10H2,1-6H3. The minimum Gasteiger partial charge on any atom is -0.497 e. The van der Waals surface area contributed by atoms with E-state index < -0.39 is 12.0 Å². The largest absolute Gasteiger partial charge is 0.497 e. The Labute approximate surface area is 186 Å². The second kappa shape index (κ2) is 9.47. The number of carbonyl (C=O) groups is 2. The number of hydrogen-bond donors (Lipinski definition) is 0. The Balaban J connectivity index is 2.13. The summed E-state index contributed by atoms with van der Waals surface area (Å²) < 4.78 is 16.0. The van der Waals surface area contributed by atoms with Crippen molar-refractivity contribution in [2.24, 2.45) is 4.99 Å². The van der Waals surface area contributed by atoms with Crippen LogP contribution in [0.4, 0.5) is 0 Å². The molecule has 1 aromatic rings. The van der Waals surface area contributed by atoms with E-state index in [2.05, 4.69) is 4.99 Å². The monoisotopic (exact) mass is 445 g/mol. The number of allylic oxidation sites excluding steroid dienone is 1. The molecule has 1 atom stereocenters. The number of amides is 1. The fraction of sp³-hybridized carbons (Fsp3) is 0.409. The van der Waals surface area contributed by atoms with Crippen molar-refractivity contribution in [3.8, 4) is 11.5 Å². The van der Waals surface area contributed by atoms with Crippen molar-refractivity contribution in [2.45, 2.75) is 26.3 Å². The number of nitrogens with zero attached hydrogens (tertiary/aromatic N) is 3. The highest BCUT2D eigenvalue weighted by atomic mass is 32.2. The normalized spacial score (nSPS) is 17.6. The first-order chi connectivity index (χ1) is 14.8. The van der Waals surface area contributed by atoms with Crippen LogP contribution in [0.1, 0.15) is 31.9 Å². The molecule has 0 spiro atoms. The third kappa shape index (κ3) is 4.41. The first kappa shape index (κ1) is 22.7. The van der Waals surface area contributed by atoms with E-state index in [0.717, 1.165) is 11.3 Å². The minimum absolute atomic E-state index is 0.0107. The second-order valence-electron chi connectivity index (χ2n) is 7.12. The number of esters is 1. The van der Waals surface area contributed by atoms with Gasteiger partial charge in [0.05, 0.1) is 45.1 Å². The predicted octanol–water partition coefficient (Wildman–Crippen LogP) is 3.32. The fourth-order valence-corrected chi connectivity index (χ4v) is 4.47. The van der Waals surface area contributed by atoms with Crippen LogP contribution >= 0.6 is 11.8 Å². The van der Waals surface area contributed by atoms with Gasteiger partial charge in [-0.05, 0) is 37.0 Å². The number of aliphatic imine (C=N–C) groups is 1. The molecule has 0 N–H and O–H groups in total. The Hall–Kier alpha value is -2.94. The molecular formula is C22H27N3O5S. The smallest absolute Gasteiger partial charge is 0.338 e. The van der Waals surface area contributed by atoms with Gasteiger partial charge in [-0.3, -0.25) is 4.79 Å². The van der Waals surface area contributed by atoms with E-state index in [1.165, 1.54) is 18.9 Å². The zero-order valence-corrected chi connectivity index (χ0v) is 19.4. The lowest BCUT2D eigenvalue weighted by Gasteiger charge is -2.36. The summed E-state index contributed by atoms with van der Waals surface area (Å²) >= 11 is 1.43. The van der Waals surface area contributed by atoms with Crippen molar-refractivity contribution >= 4 is 28.8 Å². The molecule has 0 aromatic heterocycles. The van der Waals surface area contributed by atoms with Crippen LogP contribution in [0.15, 0.2) is 45.6 Å². The van der Waals surface area contributed by atoms with Gasteiger partial charge in [0.2, 0.25) is 5.91 Å². The summed E-state index contributed by atoms with van der Waals surface area (Å²) in [7, 11) is 6.26. The highest BCUT2D eigenvalue weighted by Crippen LogP contribution is 2.46. The quantitative estimate of drug-likeness (QED) is 0.596. The molecule has 0 saturated heterocycles. The highest BCUT2D eigenvalue weighted by Gasteiger charge is 2.41. The zero-order valence-electron chi connectivity index (χ0n) is 18.6. The van der Waals surface area contributed by atoms with Crippen molar-refractivity contribution in [1.82, 2.24) is 9.80 Å². The van der Waals surface area contributed by atoms with Crippen LogP contribution in [-0.2, 0) is 14.3 Å². The average Bonchev–Trinajstić information content (AvgIpc) is 3.18. The third-order valence-electron chi connectivity index (χ3n) is 5.33. The molecule has 166 valence electrons. The summed E-state index contributed by atoms with van der Waals surface area (Å²) in [5, 5.41) is 2.62. The molecule has 1 amide bonds. The van der Waals surface area contributed by atoms with Crippen LogP contribution < -0.4 is 9.47 Å². The van der Waals surface area contributed by atoms with Crippen LogP contribution in [0.2, 0.25) is 0 Å². The van der Waals surface area contributed by atoms with Gasteiger partial charge < -0.3 is 24.0 Å². The topological polar surface area (TPSA) is 80.7 Å². The molecule has 9 heteroatoms. The van der Waals surface area contributed by atoms with Gasteiger partial charge >= 0.3 is 5.97 Å². The summed E-state index contributed by atoms with van der Waals surface area (Å²) in [5.74, 6) is 0.711. The summed E-state index contributed by atoms with van der Waals surface area (Å²) in [5.41, 5.74) is 2.53. The molecule has 2 heterocycles. The van der Waals surface area contributed by atoms with Gasteiger partial charge in [-0.25, -0.2) is 9.79 Å². The van der Waals surface area contributed by atoms with E-state index in [0.29, 0.717) is 34.5 Å². The lowest BCUT2D eigenvalue weighted by molar-refractivity contribution is -0.136. The summed E-state index contributed by atoms with van der Waals surface area (Å²) in [4.78, 5) is 33.7. The van der Waals surface area contributed by atoms with Crippen molar-refractivity contribution in [3.05, 3.63) is 46.1 Å². The van der Waals surface area contributed by atoms with E-state index in [9.17, 15) is 9.59 Å². The number of thioether (sulfide) groups is 1. The summed E-state index contributed by atoms with van der Waals surface area (Å²) in [6.07, 6.45) is 0.196. The Morgan fingerprint density at radius 3 is 2.35 bits per heavy atom. The summed E-state index contributed by atoms with van der Waals surface area (Å²) in [6, 6.07) is 4.94. The number of fused-ring (bicyclic) bond motifs is 1. The molecule has 0 bridgehead atoms. The Morgan fingerprint density at radius 2 is 1.81 bits per heavy atom. The first-order valence-corrected chi connectivity index (χ1v) is 10.7. The van der Waals surface area contributed by atoms with Crippen molar-refractivity contribution < 1.29 is 23.8 Å². The molecule has 0 aliphatic carbocycles. The van der Waals surface area contributed by atoms with Gasteiger partial charge in [0.25, 0.3) is 0 Å². The molecule has 0 fully saturated rings. The average molecular weight is 446 g/mol. The van der Waals surface area contributed by atoms with Crippen LogP contribution in [0, 0.1) is 0 Å². The molecule has 8 nitrogen and oxygen atoms in total. The van der Waals surface area contributed by atoms with Crippen LogP contribution in [0.3, 0.4) is 0 Å². The Kier molecular flexibility index (Phi) is 6.94. The van der Waals surface area contributed by atoms with Gasteiger partial charge in [0, 0.05) is 25.4 Å². The highest BCUT2D eigenvalue weighted by molar-refractivity contribution is 8.16. The van der Waals surface area contributed by atoms with E-state index in [4.69, 9.17) is 14.2 Å². The van der Waals surface area contributed by atoms with Crippen LogP contribution in [0.25, 0.3) is 0 Å². The molecule has 1 aromatic carbocycles. The van der Waals surface area contributed by atoms with Crippen LogP contribution in [0.5, 0.6) is 11.5 Å². The number of amidine groups is 1. The minimum atomic E-state index is -0.537. The maximum atomic E-state index is 12.8. The molecule has 3 rings (SSSR count). The van der Waals surface area contributed by atoms with Crippen molar-refractivity contribution in [1.29, 1.82) is 0 Å². The lowest BCUT2D eigenvalue weighted by atomic mass is 9.93. The number of carbonyl (C=O) groups excluding carboxylic acids is 2. The maximum Gasteiger partial charge on any atom is 0.338 e. The Bertz CT molecular complexity index is 963. The predicted molar refractivity (Wildman–Crippen MR) is 120 cm³/mol. The van der Waals surface area contributed by atoms with Gasteiger partial charge in [-0.15, -0.1) is 0 Å². The Morgan fingerprint density at radius 1 is 1.16 bits per heavy atom. The molecule has 0 radical (unpaired) electrons. The zero-order chi connectivity index (χ0) is 22.7. The number of ether oxygens (including phenoxy) is 3. The molecule has 31 heavy (non-hydrogen) atoms. The van der Waals surface area contributed by atoms with E-state index in [-0.39, 0.29) is 12.3 Å². The third-order valence-corrected chi connectivity index (χ3v) is 6.22. The maximum absolute atomic E-state index is 12.8. The van der Waals surface area contributed by atoms with Crippen molar-refractivity contribution in [2.75, 3.05) is 34.9 Å². The van der Waals surface area contributed by atoms with Gasteiger partial charge in [-0.1, -0.05) is 11.8 Å². The van der Waals surface area contributed by atoms with E-state index in [1.54, 1.807) is 39.2 Å². The SMILES string of the molecule is CCN(C)C(=O)CC1=CSC2=NC(C)=C(C(=O)OC)C(c3cc(OC)cc(OC)c3)N12. The van der Waals surface area contributed by atoms with Gasteiger partial charge in [0.15, 0.2) is 5.17 Å². The van der Waals surface area contributed by atoms with Gasteiger partial charge in [-0.2, -0.15) is 0 Å². The second-order valence-corrected chi connectivity index (χ2v) is 7.95.